The zero-order valence-electron chi connectivity index (χ0n) is 2.58. The van der Waals surface area contributed by atoms with E-state index in [9.17, 15) is 3.40 Å². The van der Waals surface area contributed by atoms with Gasteiger partial charge in [0, 0.05) is 0 Å². The predicted molar refractivity (Wildman–Crippen MR) is 10.1 cm³/mol. The van der Waals surface area contributed by atoms with Crippen molar-refractivity contribution in [1.82, 2.24) is 0 Å². The third-order valence-corrected chi connectivity index (χ3v) is 0.666. The third kappa shape index (κ3) is 4.25. The summed E-state index contributed by atoms with van der Waals surface area (Å²) < 4.78 is 12.4. The van der Waals surface area contributed by atoms with E-state index in [1.807, 2.05) is 0 Å². The van der Waals surface area contributed by atoms with Crippen LogP contribution in [0.1, 0.15) is 0 Å². The number of rotatable bonds is 1. The summed E-state index contributed by atoms with van der Waals surface area (Å²) in [6, 6.07) is 0. The Labute approximate surface area is 38.0 Å². The summed E-state index contributed by atoms with van der Waals surface area (Å²) in [5.41, 5.74) is 0. The molecule has 0 unspecified atom stereocenters. The Morgan fingerprint density at radius 1 is 2.00 bits per heavy atom. The molecule has 0 spiro atoms. The van der Waals surface area contributed by atoms with Crippen LogP contribution in [0.4, 0.5) is 0 Å². The van der Waals surface area contributed by atoms with Crippen LogP contribution in [0.15, 0.2) is 3.66 Å². The van der Waals surface area contributed by atoms with E-state index < -0.39 is 18.3 Å². The SMILES string of the molecule is CO[N]=[Pt]=[O]. The molecule has 4 heteroatoms. The molecular formula is CH3NO2Pt. The molecule has 0 aliphatic rings. The summed E-state index contributed by atoms with van der Waals surface area (Å²) in [6.07, 6.45) is 0. The monoisotopic (exact) mass is 256 g/mol. The summed E-state index contributed by atoms with van der Waals surface area (Å²) in [4.78, 5) is 4.05. The van der Waals surface area contributed by atoms with E-state index in [0.29, 0.717) is 0 Å². The van der Waals surface area contributed by atoms with Gasteiger partial charge in [-0.25, -0.2) is 0 Å². The molecule has 0 aromatic carbocycles. The minimum atomic E-state index is -1.25. The Morgan fingerprint density at radius 2 is 2.60 bits per heavy atom. The molecule has 5 heavy (non-hydrogen) atoms. The summed E-state index contributed by atoms with van der Waals surface area (Å²) in [7, 11) is 1.37. The van der Waals surface area contributed by atoms with Gasteiger partial charge >= 0.3 is 37.3 Å². The number of hydrogen-bond donors (Lipinski definition) is 0. The second-order valence-corrected chi connectivity index (χ2v) is 1.13. The van der Waals surface area contributed by atoms with Gasteiger partial charge in [-0.1, -0.05) is 0 Å². The third-order valence-electron chi connectivity index (χ3n) is 0.0813. The molecule has 0 saturated carbocycles. The first kappa shape index (κ1) is 5.25. The van der Waals surface area contributed by atoms with Crippen molar-refractivity contribution < 1.29 is 26.6 Å². The molecule has 0 aromatic rings. The minimum absolute atomic E-state index is 1.25. The molecule has 0 radical (unpaired) electrons. The van der Waals surface area contributed by atoms with Crippen molar-refractivity contribution in [3.8, 4) is 0 Å². The Kier molecular flexibility index (Phi) is 4.46. The van der Waals surface area contributed by atoms with Crippen molar-refractivity contribution >= 4 is 0 Å². The standard InChI is InChI=1S/CH3NO.O.Pt/c1-3-2;;/h1H3;;. The van der Waals surface area contributed by atoms with Gasteiger partial charge in [0.15, 0.2) is 0 Å². The van der Waals surface area contributed by atoms with Crippen LogP contribution in [0.25, 0.3) is 0 Å². The molecule has 3 nitrogen and oxygen atoms in total. The van der Waals surface area contributed by atoms with Crippen molar-refractivity contribution in [2.24, 2.45) is 3.66 Å². The van der Waals surface area contributed by atoms with Crippen molar-refractivity contribution in [2.45, 2.75) is 0 Å². The molecule has 34 valence electrons. The number of nitrogens with zero attached hydrogens (tertiary/aromatic N) is 1. The van der Waals surface area contributed by atoms with Crippen LogP contribution in [0, 0.1) is 0 Å². The van der Waals surface area contributed by atoms with Crippen LogP contribution in [0.2, 0.25) is 0 Å². The number of hydrogen-bond acceptors (Lipinski definition) is 3. The van der Waals surface area contributed by atoms with Gasteiger partial charge in [0.05, 0.1) is 0 Å². The van der Waals surface area contributed by atoms with Gasteiger partial charge in [0.25, 0.3) is 0 Å². The van der Waals surface area contributed by atoms with Crippen LogP contribution < -0.4 is 0 Å². The summed E-state index contributed by atoms with van der Waals surface area (Å²) in [6.45, 7) is 0. The van der Waals surface area contributed by atoms with Gasteiger partial charge in [-0.3, -0.25) is 0 Å². The second kappa shape index (κ2) is 4.25. The zero-order valence-corrected chi connectivity index (χ0v) is 4.85. The molecule has 0 rings (SSSR count). The molecule has 0 aliphatic carbocycles. The van der Waals surface area contributed by atoms with Gasteiger partial charge in [-0.2, -0.15) is 0 Å². The van der Waals surface area contributed by atoms with E-state index in [4.69, 9.17) is 0 Å². The average Bonchev–Trinajstić information content (AvgIpc) is 1.41. The first-order valence-corrected chi connectivity index (χ1v) is 2.81. The molecule has 0 bridgehead atoms. The van der Waals surface area contributed by atoms with Crippen molar-refractivity contribution in [1.29, 1.82) is 0 Å². The Hall–Kier alpha value is 0.248. The van der Waals surface area contributed by atoms with E-state index in [-0.39, 0.29) is 0 Å². The Morgan fingerprint density at radius 3 is 2.60 bits per heavy atom. The van der Waals surface area contributed by atoms with Crippen molar-refractivity contribution in [3.05, 3.63) is 0 Å². The molecule has 0 heterocycles. The summed E-state index contributed by atoms with van der Waals surface area (Å²) in [5, 5.41) is 0. The van der Waals surface area contributed by atoms with Crippen LogP contribution >= 0.6 is 0 Å². The maximum absolute atomic E-state index is 9.35. The summed E-state index contributed by atoms with van der Waals surface area (Å²) >= 11 is -1.25. The van der Waals surface area contributed by atoms with E-state index >= 15 is 0 Å². The Balaban J connectivity index is 2.93. The zero-order chi connectivity index (χ0) is 4.12. The molecular weight excluding hydrogens is 253 g/mol. The molecule has 0 fully saturated rings. The van der Waals surface area contributed by atoms with E-state index in [0.717, 1.165) is 0 Å². The molecule has 0 saturated heterocycles. The topological polar surface area (TPSA) is 38.7 Å². The predicted octanol–water partition coefficient (Wildman–Crippen LogP) is 0.159. The average molecular weight is 256 g/mol. The van der Waals surface area contributed by atoms with Crippen LogP contribution in [0.5, 0.6) is 0 Å². The molecule has 0 amide bonds. The van der Waals surface area contributed by atoms with E-state index in [1.165, 1.54) is 7.11 Å². The Bertz CT molecular complexity index is 56.7. The van der Waals surface area contributed by atoms with Crippen LogP contribution in [0.3, 0.4) is 0 Å². The van der Waals surface area contributed by atoms with Crippen molar-refractivity contribution in [3.63, 3.8) is 0 Å². The van der Waals surface area contributed by atoms with E-state index in [1.54, 1.807) is 0 Å². The first-order chi connectivity index (χ1) is 2.41. The molecule has 0 aliphatic heterocycles. The fourth-order valence-electron chi connectivity index (χ4n) is 0.0236. The summed E-state index contributed by atoms with van der Waals surface area (Å²) in [5.74, 6) is 0. The normalized spacial score (nSPS) is 8.20. The second-order valence-electron chi connectivity index (χ2n) is 0.298. The quantitative estimate of drug-likeness (QED) is 0.627. The van der Waals surface area contributed by atoms with E-state index in [2.05, 4.69) is 8.50 Å². The van der Waals surface area contributed by atoms with Crippen molar-refractivity contribution in [2.75, 3.05) is 7.11 Å². The van der Waals surface area contributed by atoms with Gasteiger partial charge in [-0.05, 0) is 0 Å². The van der Waals surface area contributed by atoms with Gasteiger partial charge < -0.3 is 0 Å². The van der Waals surface area contributed by atoms with Crippen LogP contribution in [-0.4, -0.2) is 7.11 Å². The van der Waals surface area contributed by atoms with Gasteiger partial charge in [0.1, 0.15) is 0 Å². The van der Waals surface area contributed by atoms with Gasteiger partial charge in [0.2, 0.25) is 0 Å². The fraction of sp³-hybridized carbons (Fsp3) is 1.00. The maximum atomic E-state index is 9.35. The molecule has 0 atom stereocenters. The first-order valence-electron chi connectivity index (χ1n) is 0.861. The van der Waals surface area contributed by atoms with Crippen LogP contribution in [-0.2, 0) is 26.6 Å². The van der Waals surface area contributed by atoms with Gasteiger partial charge in [-0.15, -0.1) is 0 Å². The molecule has 0 aromatic heterocycles. The fourth-order valence-corrected chi connectivity index (χ4v) is 0.193. The molecule has 0 N–H and O–H groups in total.